The fraction of sp³-hybridized carbons (Fsp3) is 0.0455. The average molecular weight is 416 g/mol. The lowest BCUT2D eigenvalue weighted by Crippen LogP contribution is -1.89. The molecule has 0 amide bonds. The van der Waals surface area contributed by atoms with Crippen LogP contribution in [0, 0.1) is 20.2 Å². The largest absolute Gasteiger partial charge is 0.497 e. The van der Waals surface area contributed by atoms with Crippen molar-refractivity contribution >= 4 is 11.4 Å². The molecular formula is C22H16N4O5. The van der Waals surface area contributed by atoms with Gasteiger partial charge in [0.05, 0.1) is 28.3 Å². The molecule has 9 nitrogen and oxygen atoms in total. The van der Waals surface area contributed by atoms with Gasteiger partial charge < -0.3 is 9.72 Å². The van der Waals surface area contributed by atoms with Crippen molar-refractivity contribution in [3.63, 3.8) is 0 Å². The minimum atomic E-state index is -0.464. The van der Waals surface area contributed by atoms with E-state index in [2.05, 4.69) is 4.98 Å². The van der Waals surface area contributed by atoms with Gasteiger partial charge in [0.2, 0.25) is 0 Å². The molecular weight excluding hydrogens is 400 g/mol. The minimum absolute atomic E-state index is 0.0180. The van der Waals surface area contributed by atoms with Crippen LogP contribution in [0.1, 0.15) is 0 Å². The number of hydrogen-bond acceptors (Lipinski definition) is 6. The van der Waals surface area contributed by atoms with Crippen molar-refractivity contribution in [2.45, 2.75) is 0 Å². The minimum Gasteiger partial charge on any atom is -0.497 e. The molecule has 0 saturated heterocycles. The SMILES string of the molecule is COc1ccc(-c2nc(-c3ccc([N+](=O)[O-])cc3)c(-c3ccc([N+](=O)[O-])cc3)[nH]2)cc1. The summed E-state index contributed by atoms with van der Waals surface area (Å²) in [6.07, 6.45) is 0. The van der Waals surface area contributed by atoms with Gasteiger partial charge in [0.25, 0.3) is 11.4 Å². The van der Waals surface area contributed by atoms with Crippen molar-refractivity contribution in [2.75, 3.05) is 7.11 Å². The molecule has 0 bridgehead atoms. The Morgan fingerprint density at radius 1 is 0.742 bits per heavy atom. The molecule has 0 radical (unpaired) electrons. The molecule has 0 aliphatic carbocycles. The number of hydrogen-bond donors (Lipinski definition) is 1. The van der Waals surface area contributed by atoms with E-state index in [9.17, 15) is 20.2 Å². The Labute approximate surface area is 176 Å². The van der Waals surface area contributed by atoms with Crippen molar-refractivity contribution in [2.24, 2.45) is 0 Å². The van der Waals surface area contributed by atoms with Gasteiger partial charge in [-0.25, -0.2) is 4.98 Å². The van der Waals surface area contributed by atoms with Gasteiger partial charge >= 0.3 is 0 Å². The van der Waals surface area contributed by atoms with Gasteiger partial charge in [-0.1, -0.05) is 0 Å². The lowest BCUT2D eigenvalue weighted by molar-refractivity contribution is -0.385. The maximum atomic E-state index is 11.0. The second kappa shape index (κ2) is 8.07. The third kappa shape index (κ3) is 3.97. The summed E-state index contributed by atoms with van der Waals surface area (Å²) in [5.74, 6) is 1.30. The first-order chi connectivity index (χ1) is 15.0. The monoisotopic (exact) mass is 416 g/mol. The molecule has 0 unspecified atom stereocenters. The van der Waals surface area contributed by atoms with Crippen LogP contribution < -0.4 is 4.74 Å². The third-order valence-corrected chi connectivity index (χ3v) is 4.79. The molecule has 4 aromatic rings. The van der Waals surface area contributed by atoms with E-state index >= 15 is 0 Å². The number of rotatable bonds is 6. The van der Waals surface area contributed by atoms with Crippen molar-refractivity contribution < 1.29 is 14.6 Å². The van der Waals surface area contributed by atoms with Crippen LogP contribution in [0.5, 0.6) is 5.75 Å². The van der Waals surface area contributed by atoms with E-state index in [-0.39, 0.29) is 11.4 Å². The molecule has 31 heavy (non-hydrogen) atoms. The predicted molar refractivity (Wildman–Crippen MR) is 115 cm³/mol. The Balaban J connectivity index is 1.83. The van der Waals surface area contributed by atoms with E-state index in [0.717, 1.165) is 5.56 Å². The maximum Gasteiger partial charge on any atom is 0.269 e. The molecule has 4 rings (SSSR count). The second-order valence-electron chi connectivity index (χ2n) is 6.65. The normalized spacial score (nSPS) is 10.6. The van der Waals surface area contributed by atoms with E-state index in [0.29, 0.717) is 34.1 Å². The number of aromatic amines is 1. The molecule has 154 valence electrons. The van der Waals surface area contributed by atoms with Crippen LogP contribution in [0.15, 0.2) is 72.8 Å². The number of non-ortho nitro benzene ring substituents is 2. The Hall–Kier alpha value is -4.53. The zero-order chi connectivity index (χ0) is 22.0. The first-order valence-electron chi connectivity index (χ1n) is 9.20. The molecule has 0 saturated carbocycles. The van der Waals surface area contributed by atoms with Gasteiger partial charge in [0, 0.05) is 41.0 Å². The van der Waals surface area contributed by atoms with Crippen LogP contribution in [0.2, 0.25) is 0 Å². The maximum absolute atomic E-state index is 11.0. The van der Waals surface area contributed by atoms with Crippen LogP contribution >= 0.6 is 0 Å². The number of nitrogens with one attached hydrogen (secondary N) is 1. The summed E-state index contributed by atoms with van der Waals surface area (Å²) in [4.78, 5) is 29.0. The highest BCUT2D eigenvalue weighted by Gasteiger charge is 2.17. The Kier molecular flexibility index (Phi) is 5.15. The predicted octanol–water partition coefficient (Wildman–Crippen LogP) is 5.24. The molecule has 1 N–H and O–H groups in total. The number of aromatic nitrogens is 2. The van der Waals surface area contributed by atoms with Crippen LogP contribution in [0.25, 0.3) is 33.9 Å². The lowest BCUT2D eigenvalue weighted by Gasteiger charge is -2.03. The molecule has 0 atom stereocenters. The van der Waals surface area contributed by atoms with Crippen LogP contribution in [0.4, 0.5) is 11.4 Å². The fourth-order valence-electron chi connectivity index (χ4n) is 3.17. The molecule has 3 aromatic carbocycles. The van der Waals surface area contributed by atoms with Crippen molar-refractivity contribution in [1.82, 2.24) is 9.97 Å². The summed E-state index contributed by atoms with van der Waals surface area (Å²) in [5, 5.41) is 22.0. The topological polar surface area (TPSA) is 124 Å². The molecule has 1 heterocycles. The molecule has 0 aliphatic rings. The number of methoxy groups -OCH3 is 1. The Morgan fingerprint density at radius 2 is 1.23 bits per heavy atom. The van der Waals surface area contributed by atoms with Crippen molar-refractivity contribution in [3.8, 4) is 39.7 Å². The number of imidazole rings is 1. The standard InChI is InChI=1S/C22H16N4O5/c1-31-19-12-6-16(7-13-19)22-23-20(14-2-8-17(9-3-14)25(27)28)21(24-22)15-4-10-18(11-5-15)26(29)30/h2-13H,1H3,(H,23,24). The van der Waals surface area contributed by atoms with E-state index in [1.165, 1.54) is 24.3 Å². The van der Waals surface area contributed by atoms with Crippen LogP contribution in [-0.4, -0.2) is 26.9 Å². The number of ether oxygens (including phenoxy) is 1. The van der Waals surface area contributed by atoms with E-state index in [1.54, 1.807) is 31.4 Å². The second-order valence-corrected chi connectivity index (χ2v) is 6.65. The van der Waals surface area contributed by atoms with Gasteiger partial charge in [-0.05, 0) is 48.5 Å². The smallest absolute Gasteiger partial charge is 0.269 e. The third-order valence-electron chi connectivity index (χ3n) is 4.79. The number of H-pyrrole nitrogens is 1. The number of nitro groups is 2. The van der Waals surface area contributed by atoms with Crippen LogP contribution in [0.3, 0.4) is 0 Å². The van der Waals surface area contributed by atoms with Crippen LogP contribution in [-0.2, 0) is 0 Å². The van der Waals surface area contributed by atoms with Crippen molar-refractivity contribution in [1.29, 1.82) is 0 Å². The van der Waals surface area contributed by atoms with Gasteiger partial charge in [-0.15, -0.1) is 0 Å². The number of nitrogens with zero attached hydrogens (tertiary/aromatic N) is 3. The van der Waals surface area contributed by atoms with E-state index in [4.69, 9.17) is 9.72 Å². The highest BCUT2D eigenvalue weighted by molar-refractivity contribution is 5.82. The highest BCUT2D eigenvalue weighted by Crippen LogP contribution is 2.34. The zero-order valence-electron chi connectivity index (χ0n) is 16.3. The van der Waals surface area contributed by atoms with Gasteiger partial charge in [0.15, 0.2) is 0 Å². The van der Waals surface area contributed by atoms with E-state index in [1.807, 2.05) is 24.3 Å². The summed E-state index contributed by atoms with van der Waals surface area (Å²) in [7, 11) is 1.58. The molecule has 9 heteroatoms. The summed E-state index contributed by atoms with van der Waals surface area (Å²) in [6, 6.07) is 19.5. The molecule has 0 spiro atoms. The summed E-state index contributed by atoms with van der Waals surface area (Å²) in [6.45, 7) is 0. The average Bonchev–Trinajstić information content (AvgIpc) is 3.24. The first kappa shape index (κ1) is 19.8. The Bertz CT molecular complexity index is 1170. The first-order valence-corrected chi connectivity index (χ1v) is 9.20. The van der Waals surface area contributed by atoms with E-state index < -0.39 is 9.85 Å². The quantitative estimate of drug-likeness (QED) is 0.339. The zero-order valence-corrected chi connectivity index (χ0v) is 16.3. The van der Waals surface area contributed by atoms with Gasteiger partial charge in [0.1, 0.15) is 11.6 Å². The molecule has 0 fully saturated rings. The Morgan fingerprint density at radius 3 is 1.71 bits per heavy atom. The molecule has 0 aliphatic heterocycles. The highest BCUT2D eigenvalue weighted by atomic mass is 16.6. The molecule has 1 aromatic heterocycles. The number of benzene rings is 3. The fourth-order valence-corrected chi connectivity index (χ4v) is 3.17. The number of nitro benzene ring substituents is 2. The van der Waals surface area contributed by atoms with Gasteiger partial charge in [-0.3, -0.25) is 20.2 Å². The summed E-state index contributed by atoms with van der Waals surface area (Å²) in [5.41, 5.74) is 3.38. The van der Waals surface area contributed by atoms with Gasteiger partial charge in [-0.2, -0.15) is 0 Å². The lowest BCUT2D eigenvalue weighted by atomic mass is 10.0. The van der Waals surface area contributed by atoms with Crippen molar-refractivity contribution in [3.05, 3.63) is 93.0 Å². The summed E-state index contributed by atoms with van der Waals surface area (Å²) < 4.78 is 5.19. The summed E-state index contributed by atoms with van der Waals surface area (Å²) >= 11 is 0.